The molecular weight excluding hydrogens is 278 g/mol. The smallest absolute Gasteiger partial charge is 0.130 e. The summed E-state index contributed by atoms with van der Waals surface area (Å²) in [5.41, 5.74) is 6.34. The van der Waals surface area contributed by atoms with Gasteiger partial charge in [-0.15, -0.1) is 0 Å². The Morgan fingerprint density at radius 3 is 2.74 bits per heavy atom. The molecule has 19 heavy (non-hydrogen) atoms. The Balaban J connectivity index is 2.71. The van der Waals surface area contributed by atoms with Crippen molar-refractivity contribution >= 4 is 28.8 Å². The third-order valence-corrected chi connectivity index (χ3v) is 3.76. The summed E-state index contributed by atoms with van der Waals surface area (Å²) in [7, 11) is 0. The van der Waals surface area contributed by atoms with Crippen LogP contribution >= 0.6 is 23.8 Å². The first-order valence-corrected chi connectivity index (χ1v) is 7.59. The molecule has 0 bridgehead atoms. The summed E-state index contributed by atoms with van der Waals surface area (Å²) in [6.07, 6.45) is 4.75. The molecule has 1 atom stereocenters. The second-order valence-corrected chi connectivity index (χ2v) is 5.55. The summed E-state index contributed by atoms with van der Waals surface area (Å²) in [6, 6.07) is 5.50. The van der Waals surface area contributed by atoms with Gasteiger partial charge in [0.15, 0.2) is 0 Å². The van der Waals surface area contributed by atoms with E-state index in [9.17, 15) is 0 Å². The summed E-state index contributed by atoms with van der Waals surface area (Å²) in [5, 5.41) is 0.548. The number of thiocarbonyl (C=S) groups is 1. The zero-order valence-corrected chi connectivity index (χ0v) is 13.2. The van der Waals surface area contributed by atoms with E-state index in [1.165, 1.54) is 19.3 Å². The standard InChI is InChI=1S/C15H22ClNOS/c1-3-5-7-11(4-2)10-18-13-9-6-8-12(16)14(13)15(17)19/h6,8-9,11H,3-5,7,10H2,1-2H3,(H2,17,19). The van der Waals surface area contributed by atoms with Crippen LogP contribution < -0.4 is 10.5 Å². The molecule has 0 aliphatic heterocycles. The quantitative estimate of drug-likeness (QED) is 0.714. The highest BCUT2D eigenvalue weighted by Crippen LogP contribution is 2.27. The van der Waals surface area contributed by atoms with Crippen molar-refractivity contribution in [1.82, 2.24) is 0 Å². The first kappa shape index (κ1) is 16.3. The van der Waals surface area contributed by atoms with Gasteiger partial charge in [-0.05, 0) is 24.5 Å². The minimum Gasteiger partial charge on any atom is -0.493 e. The Kier molecular flexibility index (Phi) is 7.17. The van der Waals surface area contributed by atoms with Gasteiger partial charge in [0.2, 0.25) is 0 Å². The second kappa shape index (κ2) is 8.39. The van der Waals surface area contributed by atoms with E-state index < -0.39 is 0 Å². The summed E-state index contributed by atoms with van der Waals surface area (Å²) in [4.78, 5) is 0.280. The van der Waals surface area contributed by atoms with Crippen LogP contribution in [-0.4, -0.2) is 11.6 Å². The molecule has 0 fully saturated rings. The largest absolute Gasteiger partial charge is 0.493 e. The molecule has 1 rings (SSSR count). The highest BCUT2D eigenvalue weighted by atomic mass is 35.5. The van der Waals surface area contributed by atoms with E-state index in [4.69, 9.17) is 34.3 Å². The molecule has 0 amide bonds. The predicted molar refractivity (Wildman–Crippen MR) is 86.1 cm³/mol. The first-order valence-electron chi connectivity index (χ1n) is 6.81. The average molecular weight is 300 g/mol. The van der Waals surface area contributed by atoms with E-state index in [1.54, 1.807) is 6.07 Å². The number of hydrogen-bond donors (Lipinski definition) is 1. The van der Waals surface area contributed by atoms with Crippen LogP contribution in [0.2, 0.25) is 5.02 Å². The fourth-order valence-corrected chi connectivity index (χ4v) is 2.50. The van der Waals surface area contributed by atoms with E-state index in [0.29, 0.717) is 28.9 Å². The number of benzene rings is 1. The van der Waals surface area contributed by atoms with E-state index in [1.807, 2.05) is 12.1 Å². The number of nitrogens with two attached hydrogens (primary N) is 1. The summed E-state index contributed by atoms with van der Waals surface area (Å²) in [6.45, 7) is 5.08. The average Bonchev–Trinajstić information content (AvgIpc) is 2.38. The minimum atomic E-state index is 0.280. The first-order chi connectivity index (χ1) is 9.10. The topological polar surface area (TPSA) is 35.2 Å². The second-order valence-electron chi connectivity index (χ2n) is 4.70. The fraction of sp³-hybridized carbons (Fsp3) is 0.533. The Morgan fingerprint density at radius 2 is 2.16 bits per heavy atom. The van der Waals surface area contributed by atoms with Crippen LogP contribution in [0.25, 0.3) is 0 Å². The molecule has 2 N–H and O–H groups in total. The van der Waals surface area contributed by atoms with Gasteiger partial charge in [-0.2, -0.15) is 0 Å². The molecule has 0 heterocycles. The van der Waals surface area contributed by atoms with Gasteiger partial charge in [0.05, 0.1) is 17.2 Å². The third kappa shape index (κ3) is 5.00. The number of hydrogen-bond acceptors (Lipinski definition) is 2. The van der Waals surface area contributed by atoms with Crippen molar-refractivity contribution in [2.24, 2.45) is 11.7 Å². The van der Waals surface area contributed by atoms with Crippen molar-refractivity contribution in [1.29, 1.82) is 0 Å². The van der Waals surface area contributed by atoms with Crippen molar-refractivity contribution in [3.8, 4) is 5.75 Å². The van der Waals surface area contributed by atoms with Gasteiger partial charge in [0.25, 0.3) is 0 Å². The molecule has 0 aliphatic rings. The Morgan fingerprint density at radius 1 is 1.42 bits per heavy atom. The fourth-order valence-electron chi connectivity index (χ4n) is 1.97. The summed E-state index contributed by atoms with van der Waals surface area (Å²) in [5.74, 6) is 1.26. The minimum absolute atomic E-state index is 0.280. The van der Waals surface area contributed by atoms with E-state index in [2.05, 4.69) is 13.8 Å². The van der Waals surface area contributed by atoms with E-state index in [0.717, 1.165) is 6.42 Å². The van der Waals surface area contributed by atoms with Gasteiger partial charge in [0, 0.05) is 0 Å². The molecule has 106 valence electrons. The molecule has 0 aliphatic carbocycles. The zero-order chi connectivity index (χ0) is 14.3. The maximum atomic E-state index is 6.11. The van der Waals surface area contributed by atoms with Gasteiger partial charge < -0.3 is 10.5 Å². The molecule has 0 aromatic heterocycles. The molecule has 0 saturated heterocycles. The van der Waals surface area contributed by atoms with E-state index >= 15 is 0 Å². The van der Waals surface area contributed by atoms with Crippen LogP contribution in [-0.2, 0) is 0 Å². The van der Waals surface area contributed by atoms with Crippen LogP contribution in [0.3, 0.4) is 0 Å². The number of unbranched alkanes of at least 4 members (excludes halogenated alkanes) is 1. The predicted octanol–water partition coefficient (Wildman–Crippen LogP) is 4.57. The monoisotopic (exact) mass is 299 g/mol. The van der Waals surface area contributed by atoms with Crippen LogP contribution in [0.4, 0.5) is 0 Å². The normalized spacial score (nSPS) is 12.2. The highest BCUT2D eigenvalue weighted by Gasteiger charge is 2.13. The number of halogens is 1. The molecular formula is C15H22ClNOS. The lowest BCUT2D eigenvalue weighted by molar-refractivity contribution is 0.233. The maximum absolute atomic E-state index is 6.11. The van der Waals surface area contributed by atoms with E-state index in [-0.39, 0.29) is 4.99 Å². The zero-order valence-electron chi connectivity index (χ0n) is 11.6. The van der Waals surface area contributed by atoms with Crippen molar-refractivity contribution in [3.05, 3.63) is 28.8 Å². The lowest BCUT2D eigenvalue weighted by atomic mass is 10.0. The van der Waals surface area contributed by atoms with Crippen LogP contribution in [0.1, 0.15) is 45.1 Å². The summed E-state index contributed by atoms with van der Waals surface area (Å²) < 4.78 is 5.88. The van der Waals surface area contributed by atoms with Gasteiger partial charge in [0.1, 0.15) is 10.7 Å². The lowest BCUT2D eigenvalue weighted by Crippen LogP contribution is -2.16. The van der Waals surface area contributed by atoms with Crippen molar-refractivity contribution in [2.75, 3.05) is 6.61 Å². The van der Waals surface area contributed by atoms with Gasteiger partial charge in [-0.3, -0.25) is 0 Å². The third-order valence-electron chi connectivity index (χ3n) is 3.24. The summed E-state index contributed by atoms with van der Waals surface area (Å²) >= 11 is 11.1. The van der Waals surface area contributed by atoms with Crippen molar-refractivity contribution in [3.63, 3.8) is 0 Å². The number of ether oxygens (including phenoxy) is 1. The van der Waals surface area contributed by atoms with Crippen LogP contribution in [0.5, 0.6) is 5.75 Å². The molecule has 0 radical (unpaired) electrons. The van der Waals surface area contributed by atoms with Gasteiger partial charge in [-0.25, -0.2) is 0 Å². The highest BCUT2D eigenvalue weighted by molar-refractivity contribution is 7.80. The SMILES string of the molecule is CCCCC(CC)COc1cccc(Cl)c1C(N)=S. The van der Waals surface area contributed by atoms with Crippen LogP contribution in [0, 0.1) is 5.92 Å². The Bertz CT molecular complexity index is 423. The van der Waals surface area contributed by atoms with Gasteiger partial charge in [-0.1, -0.05) is 63.0 Å². The Hall–Kier alpha value is -0.800. The molecule has 4 heteroatoms. The molecule has 2 nitrogen and oxygen atoms in total. The molecule has 1 aromatic rings. The maximum Gasteiger partial charge on any atom is 0.130 e. The lowest BCUT2D eigenvalue weighted by Gasteiger charge is -2.17. The van der Waals surface area contributed by atoms with Gasteiger partial charge >= 0.3 is 0 Å². The van der Waals surface area contributed by atoms with Crippen molar-refractivity contribution < 1.29 is 4.74 Å². The Labute approximate surface area is 126 Å². The molecule has 0 saturated carbocycles. The molecule has 1 unspecified atom stereocenters. The van der Waals surface area contributed by atoms with Crippen molar-refractivity contribution in [2.45, 2.75) is 39.5 Å². The van der Waals surface area contributed by atoms with Crippen LogP contribution in [0.15, 0.2) is 18.2 Å². The molecule has 0 spiro atoms. The molecule has 1 aromatic carbocycles. The number of rotatable bonds is 8.